The van der Waals surface area contributed by atoms with E-state index in [2.05, 4.69) is 27.2 Å². The molecular formula is C21H17BrN2O3. The van der Waals surface area contributed by atoms with Crippen molar-refractivity contribution >= 4 is 33.6 Å². The second-order valence-electron chi connectivity index (χ2n) is 5.26. The van der Waals surface area contributed by atoms with Crippen molar-refractivity contribution in [3.8, 4) is 29.9 Å². The zero-order chi connectivity index (χ0) is 19.6. The minimum absolute atomic E-state index is 0.0299. The summed E-state index contributed by atoms with van der Waals surface area (Å²) in [6.45, 7) is 2.41. The Morgan fingerprint density at radius 2 is 1.96 bits per heavy atom. The summed E-state index contributed by atoms with van der Waals surface area (Å²) in [5, 5.41) is 12.0. The van der Waals surface area contributed by atoms with E-state index in [0.29, 0.717) is 29.4 Å². The number of halogens is 1. The van der Waals surface area contributed by atoms with E-state index in [4.69, 9.17) is 15.9 Å². The number of nitriles is 1. The quantitative estimate of drug-likeness (QED) is 0.406. The average Bonchev–Trinajstić information content (AvgIpc) is 2.67. The Balaban J connectivity index is 2.24. The Bertz CT molecular complexity index is 922. The molecule has 0 aliphatic heterocycles. The molecule has 0 saturated heterocycles. The molecule has 0 unspecified atom stereocenters. The lowest BCUT2D eigenvalue weighted by Crippen LogP contribution is -2.13. The molecule has 1 N–H and O–H groups in total. The van der Waals surface area contributed by atoms with E-state index in [-0.39, 0.29) is 12.2 Å². The molecule has 0 spiro atoms. The number of benzene rings is 2. The highest BCUT2D eigenvalue weighted by Crippen LogP contribution is 2.29. The van der Waals surface area contributed by atoms with E-state index in [1.165, 1.54) is 6.08 Å². The third-order valence-corrected chi connectivity index (χ3v) is 3.89. The highest BCUT2D eigenvalue weighted by Gasteiger charge is 2.11. The molecule has 6 heteroatoms. The normalized spacial score (nSPS) is 10.4. The summed E-state index contributed by atoms with van der Waals surface area (Å²) in [4.78, 5) is 12.4. The molecule has 0 aliphatic carbocycles. The number of terminal acetylenes is 1. The van der Waals surface area contributed by atoms with Crippen LogP contribution in [0.15, 0.2) is 52.5 Å². The Morgan fingerprint density at radius 1 is 1.22 bits per heavy atom. The van der Waals surface area contributed by atoms with E-state index in [0.717, 1.165) is 4.47 Å². The maximum absolute atomic E-state index is 12.4. The van der Waals surface area contributed by atoms with Gasteiger partial charge in [0, 0.05) is 10.2 Å². The molecule has 0 atom stereocenters. The summed E-state index contributed by atoms with van der Waals surface area (Å²) in [6.07, 6.45) is 6.70. The molecule has 0 fully saturated rings. The Kier molecular flexibility index (Phi) is 7.49. The fraction of sp³-hybridized carbons (Fsp3) is 0.143. The predicted octanol–water partition coefficient (Wildman–Crippen LogP) is 4.41. The molecule has 0 bridgehead atoms. The van der Waals surface area contributed by atoms with Crippen LogP contribution in [0.4, 0.5) is 5.69 Å². The van der Waals surface area contributed by atoms with Crippen LogP contribution < -0.4 is 14.8 Å². The Hall–Kier alpha value is -3.22. The number of nitrogens with one attached hydrogen (secondary N) is 1. The lowest BCUT2D eigenvalue weighted by molar-refractivity contribution is -0.112. The van der Waals surface area contributed by atoms with Crippen molar-refractivity contribution in [2.24, 2.45) is 0 Å². The van der Waals surface area contributed by atoms with Gasteiger partial charge in [-0.3, -0.25) is 4.79 Å². The highest BCUT2D eigenvalue weighted by molar-refractivity contribution is 9.10. The number of amides is 1. The zero-order valence-electron chi connectivity index (χ0n) is 14.7. The van der Waals surface area contributed by atoms with Crippen molar-refractivity contribution in [2.75, 3.05) is 18.5 Å². The lowest BCUT2D eigenvalue weighted by atomic mass is 10.1. The van der Waals surface area contributed by atoms with Gasteiger partial charge in [-0.1, -0.05) is 27.9 Å². The maximum Gasteiger partial charge on any atom is 0.266 e. The zero-order valence-corrected chi connectivity index (χ0v) is 16.2. The van der Waals surface area contributed by atoms with Gasteiger partial charge < -0.3 is 14.8 Å². The Labute approximate surface area is 166 Å². The predicted molar refractivity (Wildman–Crippen MR) is 108 cm³/mol. The minimum Gasteiger partial charge on any atom is -0.490 e. The van der Waals surface area contributed by atoms with Crippen LogP contribution in [0.2, 0.25) is 0 Å². The molecule has 2 rings (SSSR count). The molecular weight excluding hydrogens is 408 g/mol. The molecule has 0 aliphatic rings. The van der Waals surface area contributed by atoms with Gasteiger partial charge in [0.1, 0.15) is 18.2 Å². The van der Waals surface area contributed by atoms with E-state index < -0.39 is 5.91 Å². The maximum atomic E-state index is 12.4. The number of ether oxygens (including phenoxy) is 2. The SMILES string of the molecule is C#CCOc1ccc(/C=C(/C#N)C(=O)Nc2ccc(Br)cc2)cc1OCC. The fourth-order valence-corrected chi connectivity index (χ4v) is 2.43. The summed E-state index contributed by atoms with van der Waals surface area (Å²) >= 11 is 3.33. The van der Waals surface area contributed by atoms with Gasteiger partial charge in [0.05, 0.1) is 6.61 Å². The molecule has 0 saturated carbocycles. The van der Waals surface area contributed by atoms with Crippen molar-refractivity contribution in [2.45, 2.75) is 6.92 Å². The average molecular weight is 425 g/mol. The first-order valence-corrected chi connectivity index (χ1v) is 8.88. The van der Waals surface area contributed by atoms with Gasteiger partial charge >= 0.3 is 0 Å². The topological polar surface area (TPSA) is 71.3 Å². The van der Waals surface area contributed by atoms with Crippen LogP contribution in [0, 0.1) is 23.7 Å². The summed E-state index contributed by atoms with van der Waals surface area (Å²) in [5.74, 6) is 2.90. The van der Waals surface area contributed by atoms with Crippen molar-refractivity contribution in [3.63, 3.8) is 0 Å². The van der Waals surface area contributed by atoms with Crippen molar-refractivity contribution in [1.82, 2.24) is 0 Å². The standard InChI is InChI=1S/C21H17BrN2O3/c1-3-11-27-19-10-5-15(13-20(19)26-4-2)12-16(14-23)21(25)24-18-8-6-17(22)7-9-18/h1,5-10,12-13H,4,11H2,2H3,(H,24,25)/b16-12-. The molecule has 5 nitrogen and oxygen atoms in total. The number of nitrogens with zero attached hydrogens (tertiary/aromatic N) is 1. The van der Waals surface area contributed by atoms with Crippen LogP contribution in [0.3, 0.4) is 0 Å². The summed E-state index contributed by atoms with van der Waals surface area (Å²) in [7, 11) is 0. The molecule has 0 heterocycles. The van der Waals surface area contributed by atoms with Gasteiger partial charge in [-0.05, 0) is 55.0 Å². The monoisotopic (exact) mass is 424 g/mol. The first-order valence-electron chi connectivity index (χ1n) is 8.09. The van der Waals surface area contributed by atoms with Crippen molar-refractivity contribution < 1.29 is 14.3 Å². The lowest BCUT2D eigenvalue weighted by Gasteiger charge is -2.11. The summed E-state index contributed by atoms with van der Waals surface area (Å²) in [6, 6.07) is 14.1. The first kappa shape index (κ1) is 20.1. The van der Waals surface area contributed by atoms with Gasteiger partial charge in [-0.2, -0.15) is 5.26 Å². The number of anilines is 1. The fourth-order valence-electron chi connectivity index (χ4n) is 2.17. The molecule has 27 heavy (non-hydrogen) atoms. The van der Waals surface area contributed by atoms with E-state index in [1.54, 1.807) is 42.5 Å². The molecule has 2 aromatic carbocycles. The molecule has 1 amide bonds. The molecule has 136 valence electrons. The number of rotatable bonds is 7. The minimum atomic E-state index is -0.495. The molecule has 0 radical (unpaired) electrons. The van der Waals surface area contributed by atoms with Crippen LogP contribution in [0.5, 0.6) is 11.5 Å². The van der Waals surface area contributed by atoms with Crippen molar-refractivity contribution in [3.05, 3.63) is 58.1 Å². The van der Waals surface area contributed by atoms with Gasteiger partial charge in [0.25, 0.3) is 5.91 Å². The number of carbonyl (C=O) groups excluding carboxylic acids is 1. The van der Waals surface area contributed by atoms with Crippen molar-refractivity contribution in [1.29, 1.82) is 5.26 Å². The van der Waals surface area contributed by atoms with E-state index in [1.807, 2.05) is 13.0 Å². The van der Waals surface area contributed by atoms with E-state index >= 15 is 0 Å². The molecule has 0 aromatic heterocycles. The highest BCUT2D eigenvalue weighted by atomic mass is 79.9. The summed E-state index contributed by atoms with van der Waals surface area (Å²) in [5.41, 5.74) is 1.20. The first-order chi connectivity index (χ1) is 13.1. The Morgan fingerprint density at radius 3 is 2.59 bits per heavy atom. The van der Waals surface area contributed by atoms with Gasteiger partial charge in [0.2, 0.25) is 0 Å². The van der Waals surface area contributed by atoms with Crippen LogP contribution in [-0.4, -0.2) is 19.1 Å². The van der Waals surface area contributed by atoms with Gasteiger partial charge in [-0.25, -0.2) is 0 Å². The smallest absolute Gasteiger partial charge is 0.266 e. The van der Waals surface area contributed by atoms with Gasteiger partial charge in [-0.15, -0.1) is 6.42 Å². The van der Waals surface area contributed by atoms with E-state index in [9.17, 15) is 10.1 Å². The van der Waals surface area contributed by atoms with Crippen LogP contribution in [0.1, 0.15) is 12.5 Å². The van der Waals surface area contributed by atoms with Crippen LogP contribution in [0.25, 0.3) is 6.08 Å². The number of hydrogen-bond acceptors (Lipinski definition) is 4. The largest absolute Gasteiger partial charge is 0.490 e. The third kappa shape index (κ3) is 5.91. The number of carbonyl (C=O) groups is 1. The second-order valence-corrected chi connectivity index (χ2v) is 6.18. The van der Waals surface area contributed by atoms with Gasteiger partial charge in [0.15, 0.2) is 11.5 Å². The third-order valence-electron chi connectivity index (χ3n) is 3.36. The summed E-state index contributed by atoms with van der Waals surface area (Å²) < 4.78 is 11.9. The molecule has 2 aromatic rings. The second kappa shape index (κ2) is 10.1. The van der Waals surface area contributed by atoms with Crippen LogP contribution in [-0.2, 0) is 4.79 Å². The number of hydrogen-bond donors (Lipinski definition) is 1. The van der Waals surface area contributed by atoms with Crippen LogP contribution >= 0.6 is 15.9 Å².